The number of amides is 14. The number of carbonyl (C=O) groups excluding carboxylic acids is 14. The van der Waals surface area contributed by atoms with Gasteiger partial charge in [0, 0.05) is 55.1 Å². The smallest absolute Gasteiger partial charge is 0.326 e. The minimum absolute atomic E-state index is 0.0303. The van der Waals surface area contributed by atoms with Crippen molar-refractivity contribution >= 4 is 124 Å². The molecule has 0 bridgehead atoms. The summed E-state index contributed by atoms with van der Waals surface area (Å²) >= 11 is 5.74. The summed E-state index contributed by atoms with van der Waals surface area (Å²) in [4.78, 5) is 216. The lowest BCUT2D eigenvalue weighted by Crippen LogP contribution is -2.63. The Hall–Kier alpha value is -10.2. The second kappa shape index (κ2) is 49.4. The zero-order valence-electron chi connectivity index (χ0n) is 69.9. The van der Waals surface area contributed by atoms with E-state index in [-0.39, 0.29) is 82.1 Å². The predicted octanol–water partition coefficient (Wildman–Crippen LogP) is 0.578. The average molecular weight is 1700 g/mol. The lowest BCUT2D eigenvalue weighted by atomic mass is 9.96. The molecular formula is C83H124N16O18S2. The summed E-state index contributed by atoms with van der Waals surface area (Å²) in [6.07, 6.45) is 1.42. The van der Waals surface area contributed by atoms with Crippen LogP contribution in [0.1, 0.15) is 151 Å². The molecule has 34 nitrogen and oxygen atoms in total. The van der Waals surface area contributed by atoms with Crippen LogP contribution in [0.5, 0.6) is 0 Å². The molecule has 1 aliphatic rings. The number of aliphatic carboxylic acids is 1. The molecule has 1 fully saturated rings. The Morgan fingerprint density at radius 1 is 0.513 bits per heavy atom. The molecular weight excluding hydrogens is 1570 g/mol. The zero-order valence-corrected chi connectivity index (χ0v) is 71.7. The highest BCUT2D eigenvalue weighted by Gasteiger charge is 2.43. The van der Waals surface area contributed by atoms with Gasteiger partial charge in [-0.05, 0) is 116 Å². The quantitative estimate of drug-likeness (QED) is 0.0269. The molecule has 3 aromatic carbocycles. The molecule has 0 radical (unpaired) electrons. The number of aliphatic hydroxyl groups excluding tert-OH is 2. The van der Waals surface area contributed by atoms with Crippen LogP contribution in [0.2, 0.25) is 0 Å². The van der Waals surface area contributed by atoms with E-state index in [1.54, 1.807) is 125 Å². The van der Waals surface area contributed by atoms with Crippen LogP contribution in [-0.4, -0.2) is 235 Å². The molecule has 0 spiro atoms. The summed E-state index contributed by atoms with van der Waals surface area (Å²) in [7, 11) is 0. The minimum atomic E-state index is -1.89. The van der Waals surface area contributed by atoms with Crippen molar-refractivity contribution in [3.05, 3.63) is 108 Å². The number of hydrogen-bond acceptors (Lipinski definition) is 20. The number of H-pyrrole nitrogens is 1. The Kier molecular flexibility index (Phi) is 41.3. The van der Waals surface area contributed by atoms with E-state index in [2.05, 4.69) is 81.4 Å². The van der Waals surface area contributed by atoms with Crippen molar-refractivity contribution in [2.45, 2.75) is 244 Å². The predicted molar refractivity (Wildman–Crippen MR) is 453 cm³/mol. The number of primary amides is 1. The number of nitrogens with two attached hydrogens (primary N) is 2. The van der Waals surface area contributed by atoms with Gasteiger partial charge in [0.2, 0.25) is 82.7 Å². The number of nitrogens with one attached hydrogen (secondary N) is 13. The fraction of sp³-hybridized carbons (Fsp3) is 0.578. The van der Waals surface area contributed by atoms with Crippen LogP contribution in [-0.2, 0) is 91.2 Å². The lowest BCUT2D eigenvalue weighted by Gasteiger charge is -2.32. The van der Waals surface area contributed by atoms with Crippen LogP contribution < -0.4 is 75.3 Å². The highest BCUT2D eigenvalue weighted by molar-refractivity contribution is 7.98. The van der Waals surface area contributed by atoms with Crippen LogP contribution in [0.25, 0.3) is 10.9 Å². The lowest BCUT2D eigenvalue weighted by molar-refractivity contribution is -0.144. The van der Waals surface area contributed by atoms with E-state index >= 15 is 4.79 Å². The molecule has 36 heteroatoms. The first-order valence-corrected chi connectivity index (χ1v) is 42.6. The number of likely N-dealkylation sites (tertiary alicyclic amines) is 1. The van der Waals surface area contributed by atoms with Crippen molar-refractivity contribution in [1.82, 2.24) is 73.7 Å². The number of thioether (sulfide) groups is 1. The molecule has 16 atom stereocenters. The third-order valence-electron chi connectivity index (χ3n) is 20.4. The van der Waals surface area contributed by atoms with Gasteiger partial charge in [0.05, 0.1) is 12.7 Å². The van der Waals surface area contributed by atoms with Crippen LogP contribution in [0.3, 0.4) is 0 Å². The molecule has 20 N–H and O–H groups in total. The molecule has 1 aromatic heterocycles. The van der Waals surface area contributed by atoms with E-state index in [9.17, 15) is 82.4 Å². The fourth-order valence-electron chi connectivity index (χ4n) is 13.6. The number of fused-ring (bicyclic) bond motifs is 1. The number of aliphatic hydroxyl groups is 2. The Bertz CT molecular complexity index is 4080. The molecule has 0 aliphatic carbocycles. The van der Waals surface area contributed by atoms with Crippen molar-refractivity contribution in [1.29, 1.82) is 0 Å². The molecule has 4 aromatic rings. The SMILES string of the molecule is CC[C@H](C)[C@H](NC(=O)[C@H](Cc1c[nH]c2ccccc12)NC(=O)[C@H](CCSC)NC(=O)[C@H](CC(C)C)NC(=O)[C@H](CC(C)C)NC(=O)[C@@H](N)CO)C(=O)N[C@H](C(=O)N[C@@H](CCC(N)=O)C(=O)N[C@@H](CS)C(=O)N[C@@H](Cc1ccccc1)C(=O)N[C@@H](CC(C)C)C(=O)N1CCC[C@H]1C(=O)N[C@H](C(=O)N[C@@H](Cc1ccccc1)C(=O)O)C(C)C)[C@@H](C)O. The normalized spacial score (nSPS) is 16.5. The number of aromatic amines is 1. The second-order valence-corrected chi connectivity index (χ2v) is 33.3. The molecule has 0 saturated carbocycles. The second-order valence-electron chi connectivity index (χ2n) is 32.0. The van der Waals surface area contributed by atoms with Gasteiger partial charge in [-0.15, -0.1) is 0 Å². The van der Waals surface area contributed by atoms with Gasteiger partial charge in [0.25, 0.3) is 0 Å². The molecule has 0 unspecified atom stereocenters. The van der Waals surface area contributed by atoms with Crippen molar-refractivity contribution in [2.24, 2.45) is 41.1 Å². The number of hydrogen-bond donors (Lipinski definition) is 19. The summed E-state index contributed by atoms with van der Waals surface area (Å²) < 4.78 is 0. The number of carboxylic acid groups (broad SMARTS) is 1. The topological polar surface area (TPSA) is 532 Å². The van der Waals surface area contributed by atoms with Gasteiger partial charge in [-0.2, -0.15) is 24.4 Å². The Labute approximate surface area is 705 Å². The molecule has 14 amide bonds. The van der Waals surface area contributed by atoms with Gasteiger partial charge in [-0.3, -0.25) is 67.1 Å². The first-order chi connectivity index (χ1) is 56.3. The van der Waals surface area contributed by atoms with E-state index in [1.165, 1.54) is 16.7 Å². The summed E-state index contributed by atoms with van der Waals surface area (Å²) in [6, 6.07) is 4.72. The van der Waals surface area contributed by atoms with Crippen LogP contribution in [0, 0.1) is 29.6 Å². The Morgan fingerprint density at radius 2 is 0.941 bits per heavy atom. The van der Waals surface area contributed by atoms with Crippen molar-refractivity contribution in [3.8, 4) is 0 Å². The van der Waals surface area contributed by atoms with E-state index in [4.69, 9.17) is 11.5 Å². The molecule has 656 valence electrons. The molecule has 1 aliphatic heterocycles. The third kappa shape index (κ3) is 31.8. The third-order valence-corrected chi connectivity index (χ3v) is 21.4. The summed E-state index contributed by atoms with van der Waals surface area (Å²) in [6.45, 7) is 18.1. The number of benzene rings is 3. The van der Waals surface area contributed by atoms with Gasteiger partial charge in [-0.25, -0.2) is 4.79 Å². The van der Waals surface area contributed by atoms with E-state index in [0.717, 1.165) is 6.92 Å². The number of carboxylic acids is 1. The number of para-hydroxylation sites is 1. The molecule has 2 heterocycles. The maximum Gasteiger partial charge on any atom is 0.326 e. The standard InChI is InChI=1S/C83H124N16O18S2/c1-13-48(10)68(97-76(109)61(40-52-41-86-55-28-21-20-27-53(52)55)92-72(105)57(32-34-119-12)87-73(106)59(36-45(4)5)90-74(107)58(35-44(2)3)89-70(103)54(84)42-100)80(113)98-69(49(11)101)81(114)88-56(30-31-66(85)102)71(104)95-64(43-118)77(110)91-60(38-50-23-16-14-17-24-50)75(108)93-62(37-46(6)7)82(115)99-33-22-29-65(99)78(111)96-67(47(8)9)79(112)94-63(83(116)117)39-51-25-18-15-19-26-51/h14-21,23-28,41,44-49,54,56-65,67-69,86,100-101,118H,13,22,29-40,42-43,84H2,1-12H3,(H2,85,102)(H,87,106)(H,88,114)(H,89,103)(H,90,107)(H,91,110)(H,92,105)(H,93,108)(H,94,112)(H,95,104)(H,96,111)(H,97,109)(H,98,113)(H,116,117)/t48-,49+,54-,56-,57-,58-,59-,60-,61-,62-,63-,64-,65-,67-,68-,69-/m0/s1. The van der Waals surface area contributed by atoms with Crippen LogP contribution in [0.15, 0.2) is 91.1 Å². The largest absolute Gasteiger partial charge is 0.480 e. The van der Waals surface area contributed by atoms with Crippen LogP contribution >= 0.6 is 24.4 Å². The van der Waals surface area contributed by atoms with E-state index in [0.29, 0.717) is 39.8 Å². The first-order valence-electron chi connectivity index (χ1n) is 40.5. The number of nitrogens with zero attached hydrogens (tertiary/aromatic N) is 1. The van der Waals surface area contributed by atoms with Crippen LogP contribution in [0.4, 0.5) is 0 Å². The summed E-state index contributed by atoms with van der Waals surface area (Å²) in [5.74, 6) is -15.2. The van der Waals surface area contributed by atoms with E-state index < -0.39 is 216 Å². The highest BCUT2D eigenvalue weighted by atomic mass is 32.2. The van der Waals surface area contributed by atoms with Gasteiger partial charge in [0.1, 0.15) is 84.6 Å². The number of rotatable bonds is 50. The maximum absolute atomic E-state index is 15.1. The molecule has 1 saturated heterocycles. The monoisotopic (exact) mass is 1700 g/mol. The Morgan fingerprint density at radius 3 is 1.46 bits per heavy atom. The van der Waals surface area contributed by atoms with E-state index in [1.807, 2.05) is 41.5 Å². The highest BCUT2D eigenvalue weighted by Crippen LogP contribution is 2.24. The van der Waals surface area contributed by atoms with Gasteiger partial charge in [-0.1, -0.05) is 155 Å². The molecule has 5 rings (SSSR count). The average Bonchev–Trinajstić information content (AvgIpc) is 1.72. The van der Waals surface area contributed by atoms with Gasteiger partial charge in [0.15, 0.2) is 0 Å². The Balaban J connectivity index is 1.37. The van der Waals surface area contributed by atoms with Crippen molar-refractivity contribution < 1.29 is 87.2 Å². The summed E-state index contributed by atoms with van der Waals surface area (Å²) in [5.41, 5.74) is 13.8. The number of aromatic nitrogens is 1. The maximum atomic E-state index is 15.1. The first kappa shape index (κ1) is 99.4. The van der Waals surface area contributed by atoms with Gasteiger partial charge >= 0.3 is 5.97 Å². The minimum Gasteiger partial charge on any atom is -0.480 e. The van der Waals surface area contributed by atoms with Crippen molar-refractivity contribution in [3.63, 3.8) is 0 Å². The fourth-order valence-corrected chi connectivity index (χ4v) is 14.3. The van der Waals surface area contributed by atoms with Gasteiger partial charge < -0.3 is 100 Å². The summed E-state index contributed by atoms with van der Waals surface area (Å²) in [5, 5.41) is 63.5. The zero-order chi connectivity index (χ0) is 88.5. The number of carbonyl (C=O) groups is 15. The number of thiol groups is 1. The van der Waals surface area contributed by atoms with Crippen molar-refractivity contribution in [2.75, 3.05) is 30.9 Å². The molecule has 119 heavy (non-hydrogen) atoms.